The van der Waals surface area contributed by atoms with E-state index < -0.39 is 0 Å². The van der Waals surface area contributed by atoms with Gasteiger partial charge in [-0.2, -0.15) is 0 Å². The van der Waals surface area contributed by atoms with Crippen molar-refractivity contribution in [3.63, 3.8) is 0 Å². The number of hydrogen-bond donors (Lipinski definition) is 2. The van der Waals surface area contributed by atoms with Gasteiger partial charge in [0.25, 0.3) is 0 Å². The zero-order valence-electron chi connectivity index (χ0n) is 12.8. The highest BCUT2D eigenvalue weighted by molar-refractivity contribution is 7.80. The fourth-order valence-electron chi connectivity index (χ4n) is 2.70. The summed E-state index contributed by atoms with van der Waals surface area (Å²) in [6.07, 6.45) is 3.78. The summed E-state index contributed by atoms with van der Waals surface area (Å²) < 4.78 is 1.81. The highest BCUT2D eigenvalue weighted by atomic mass is 35.5. The molecule has 0 saturated carbocycles. The molecule has 6 nitrogen and oxygen atoms in total. The third kappa shape index (κ3) is 3.97. The van der Waals surface area contributed by atoms with E-state index in [1.807, 2.05) is 6.07 Å². The largest absolute Gasteiger partial charge is 0.390 e. The van der Waals surface area contributed by atoms with Crippen molar-refractivity contribution in [3.05, 3.63) is 40.1 Å². The number of benzene rings is 1. The van der Waals surface area contributed by atoms with Crippen molar-refractivity contribution in [2.24, 2.45) is 0 Å². The van der Waals surface area contributed by atoms with Gasteiger partial charge in [0.05, 0.1) is 28.9 Å². The van der Waals surface area contributed by atoms with Gasteiger partial charge in [0.15, 0.2) is 5.11 Å². The quantitative estimate of drug-likeness (QED) is 0.791. The van der Waals surface area contributed by atoms with E-state index in [1.165, 1.54) is 0 Å². The van der Waals surface area contributed by atoms with Gasteiger partial charge in [0.1, 0.15) is 5.69 Å². The third-order valence-electron chi connectivity index (χ3n) is 3.95. The molecule has 0 amide bonds. The molecule has 1 saturated heterocycles. The predicted octanol–water partition coefficient (Wildman–Crippen LogP) is 3.11. The van der Waals surface area contributed by atoms with Crippen molar-refractivity contribution in [1.29, 1.82) is 0 Å². The summed E-state index contributed by atoms with van der Waals surface area (Å²) in [6, 6.07) is 5.51. The highest BCUT2D eigenvalue weighted by Crippen LogP contribution is 2.26. The lowest BCUT2D eigenvalue weighted by Crippen LogP contribution is -2.42. The predicted molar refractivity (Wildman–Crippen MR) is 98.5 cm³/mol. The maximum absolute atomic E-state index is 9.12. The Bertz CT molecular complexity index is 738. The topological polar surface area (TPSA) is 66.2 Å². The van der Waals surface area contributed by atoms with Crippen LogP contribution in [-0.2, 0) is 6.61 Å². The van der Waals surface area contributed by atoms with Crippen LogP contribution in [0.4, 0.5) is 5.69 Å². The number of nitrogens with one attached hydrogen (secondary N) is 1. The van der Waals surface area contributed by atoms with Crippen LogP contribution in [0.15, 0.2) is 24.4 Å². The molecule has 24 heavy (non-hydrogen) atoms. The van der Waals surface area contributed by atoms with Crippen molar-refractivity contribution in [2.75, 3.05) is 18.4 Å². The summed E-state index contributed by atoms with van der Waals surface area (Å²) in [5.74, 6) is 0. The summed E-state index contributed by atoms with van der Waals surface area (Å²) in [5.41, 5.74) is 1.38. The molecule has 2 aromatic rings. The molecule has 9 heteroatoms. The first kappa shape index (κ1) is 17.4. The molecule has 128 valence electrons. The minimum Gasteiger partial charge on any atom is -0.390 e. The molecule has 1 unspecified atom stereocenters. The van der Waals surface area contributed by atoms with Crippen LogP contribution in [0, 0.1) is 0 Å². The van der Waals surface area contributed by atoms with Crippen LogP contribution < -0.4 is 5.32 Å². The number of likely N-dealkylation sites (tertiary alicyclic amines) is 1. The Kier molecular flexibility index (Phi) is 5.55. The molecular weight excluding hydrogens is 369 g/mol. The molecule has 1 atom stereocenters. The van der Waals surface area contributed by atoms with Gasteiger partial charge in [-0.1, -0.05) is 28.4 Å². The van der Waals surface area contributed by atoms with E-state index in [-0.39, 0.29) is 12.6 Å². The Morgan fingerprint density at radius 1 is 1.38 bits per heavy atom. The van der Waals surface area contributed by atoms with Crippen LogP contribution in [0.1, 0.15) is 24.6 Å². The van der Waals surface area contributed by atoms with Gasteiger partial charge in [-0.15, -0.1) is 5.10 Å². The minimum absolute atomic E-state index is 0.103. The molecule has 1 aromatic heterocycles. The number of thiocarbonyl (C=S) groups is 1. The van der Waals surface area contributed by atoms with Crippen LogP contribution in [-0.4, -0.2) is 43.2 Å². The van der Waals surface area contributed by atoms with Crippen LogP contribution in [0.25, 0.3) is 0 Å². The summed E-state index contributed by atoms with van der Waals surface area (Å²) in [4.78, 5) is 2.10. The molecule has 0 aliphatic carbocycles. The lowest BCUT2D eigenvalue weighted by atomic mass is 10.1. The summed E-state index contributed by atoms with van der Waals surface area (Å²) in [7, 11) is 0. The molecule has 0 radical (unpaired) electrons. The fraction of sp³-hybridized carbons (Fsp3) is 0.400. The minimum atomic E-state index is -0.103. The Morgan fingerprint density at radius 2 is 2.21 bits per heavy atom. The van der Waals surface area contributed by atoms with E-state index in [1.54, 1.807) is 23.0 Å². The van der Waals surface area contributed by atoms with Crippen molar-refractivity contribution in [2.45, 2.75) is 25.5 Å². The van der Waals surface area contributed by atoms with Crippen molar-refractivity contribution >= 4 is 46.2 Å². The number of piperidine rings is 1. The summed E-state index contributed by atoms with van der Waals surface area (Å²) in [6.45, 7) is 1.51. The Hall–Kier alpha value is -1.41. The van der Waals surface area contributed by atoms with E-state index in [0.29, 0.717) is 20.9 Å². The Balaban J connectivity index is 1.65. The number of halogens is 2. The molecule has 1 aromatic carbocycles. The van der Waals surface area contributed by atoms with Gasteiger partial charge in [-0.3, -0.25) is 0 Å². The fourth-order valence-corrected chi connectivity index (χ4v) is 3.28. The van der Waals surface area contributed by atoms with Crippen LogP contribution >= 0.6 is 35.4 Å². The molecule has 1 aliphatic rings. The molecule has 3 rings (SSSR count). The van der Waals surface area contributed by atoms with Gasteiger partial charge in [0, 0.05) is 18.8 Å². The van der Waals surface area contributed by atoms with Gasteiger partial charge in [0.2, 0.25) is 0 Å². The average Bonchev–Trinajstić information content (AvgIpc) is 3.07. The maximum Gasteiger partial charge on any atom is 0.173 e. The first-order valence-corrected chi connectivity index (χ1v) is 8.76. The van der Waals surface area contributed by atoms with Crippen molar-refractivity contribution < 1.29 is 5.11 Å². The number of hydrogen-bond acceptors (Lipinski definition) is 4. The highest BCUT2D eigenvalue weighted by Gasteiger charge is 2.24. The van der Waals surface area contributed by atoms with E-state index in [4.69, 9.17) is 40.5 Å². The smallest absolute Gasteiger partial charge is 0.173 e. The molecule has 1 aliphatic heterocycles. The normalized spacial score (nSPS) is 17.8. The second-order valence-corrected chi connectivity index (χ2v) is 6.85. The Morgan fingerprint density at radius 3 is 2.92 bits per heavy atom. The van der Waals surface area contributed by atoms with Crippen LogP contribution in [0.2, 0.25) is 10.0 Å². The molecule has 2 N–H and O–H groups in total. The lowest BCUT2D eigenvalue weighted by Gasteiger charge is -2.34. The van der Waals surface area contributed by atoms with E-state index >= 15 is 0 Å². The van der Waals surface area contributed by atoms with Crippen molar-refractivity contribution in [1.82, 2.24) is 19.9 Å². The number of nitrogens with zero attached hydrogens (tertiary/aromatic N) is 4. The second kappa shape index (κ2) is 7.65. The molecule has 1 fully saturated rings. The number of anilines is 1. The first-order chi connectivity index (χ1) is 11.6. The number of aliphatic hydroxyl groups excluding tert-OH is 1. The zero-order chi connectivity index (χ0) is 17.1. The number of rotatable bonds is 3. The van der Waals surface area contributed by atoms with Crippen LogP contribution in [0.5, 0.6) is 0 Å². The average molecular weight is 386 g/mol. The summed E-state index contributed by atoms with van der Waals surface area (Å²) >= 11 is 17.5. The van der Waals surface area contributed by atoms with Gasteiger partial charge in [-0.25, -0.2) is 4.68 Å². The lowest BCUT2D eigenvalue weighted by molar-refractivity contribution is 0.245. The molecule has 2 heterocycles. The van der Waals surface area contributed by atoms with Crippen LogP contribution in [0.3, 0.4) is 0 Å². The van der Waals surface area contributed by atoms with E-state index in [0.717, 1.165) is 31.6 Å². The zero-order valence-corrected chi connectivity index (χ0v) is 15.2. The van der Waals surface area contributed by atoms with Crippen molar-refractivity contribution in [3.8, 4) is 0 Å². The third-order valence-corrected chi connectivity index (χ3v) is 5.05. The first-order valence-electron chi connectivity index (χ1n) is 7.59. The molecular formula is C15H17Cl2N5OS. The number of aromatic nitrogens is 3. The maximum atomic E-state index is 9.12. The second-order valence-electron chi connectivity index (χ2n) is 5.65. The summed E-state index contributed by atoms with van der Waals surface area (Å²) in [5, 5.41) is 22.0. The standard InChI is InChI=1S/C15H17Cl2N5OS/c16-13-4-3-10(6-14(13)17)18-15(24)21-5-1-2-12(8-21)22-7-11(9-23)19-20-22/h3-4,6-7,12,23H,1-2,5,8-9H2,(H,18,24). The SMILES string of the molecule is OCc1cn(C2CCCN(C(=S)Nc3ccc(Cl)c(Cl)c3)C2)nn1. The Labute approximate surface area is 155 Å². The van der Waals surface area contributed by atoms with E-state index in [9.17, 15) is 0 Å². The van der Waals surface area contributed by atoms with Gasteiger partial charge in [-0.05, 0) is 43.3 Å². The molecule has 0 spiro atoms. The van der Waals surface area contributed by atoms with E-state index in [2.05, 4.69) is 20.5 Å². The monoisotopic (exact) mass is 385 g/mol. The van der Waals surface area contributed by atoms with Gasteiger partial charge >= 0.3 is 0 Å². The number of aliphatic hydroxyl groups is 1. The molecule has 0 bridgehead atoms. The van der Waals surface area contributed by atoms with Gasteiger partial charge < -0.3 is 15.3 Å².